The second-order valence-electron chi connectivity index (χ2n) is 7.46. The molecule has 0 aliphatic rings. The second kappa shape index (κ2) is 11.0. The lowest BCUT2D eigenvalue weighted by atomic mass is 10.1. The molecule has 0 radical (unpaired) electrons. The Bertz CT molecular complexity index is 1150. The van der Waals surface area contributed by atoms with Crippen molar-refractivity contribution in [2.75, 3.05) is 18.4 Å². The van der Waals surface area contributed by atoms with Crippen molar-refractivity contribution in [3.05, 3.63) is 101 Å². The molecule has 3 amide bonds. The van der Waals surface area contributed by atoms with E-state index in [4.69, 9.17) is 0 Å². The first-order valence-corrected chi connectivity index (χ1v) is 10.2. The predicted octanol–water partition coefficient (Wildman–Crippen LogP) is 3.67. The molecule has 8 heteroatoms. The molecule has 3 rings (SSSR count). The van der Waals surface area contributed by atoms with Crippen LogP contribution in [0.4, 0.5) is 14.5 Å². The second-order valence-corrected chi connectivity index (χ2v) is 7.46. The maximum Gasteiger partial charge on any atom is 0.257 e. The number of nitrogens with zero attached hydrogens (tertiary/aromatic N) is 1. The lowest BCUT2D eigenvalue weighted by Gasteiger charge is -2.23. The van der Waals surface area contributed by atoms with Gasteiger partial charge < -0.3 is 15.5 Å². The van der Waals surface area contributed by atoms with Crippen LogP contribution in [0.15, 0.2) is 72.8 Å². The smallest absolute Gasteiger partial charge is 0.257 e. The summed E-state index contributed by atoms with van der Waals surface area (Å²) in [5.41, 5.74) is 1.94. The predicted molar refractivity (Wildman–Crippen MR) is 120 cm³/mol. The molecule has 2 N–H and O–H groups in total. The van der Waals surface area contributed by atoms with E-state index in [1.807, 2.05) is 13.0 Å². The van der Waals surface area contributed by atoms with Gasteiger partial charge in [-0.2, -0.15) is 0 Å². The van der Waals surface area contributed by atoms with Crippen LogP contribution in [0.25, 0.3) is 0 Å². The molecule has 0 heterocycles. The van der Waals surface area contributed by atoms with Crippen LogP contribution in [0, 0.1) is 18.6 Å². The van der Waals surface area contributed by atoms with E-state index in [1.54, 1.807) is 18.2 Å². The first kappa shape index (κ1) is 23.6. The van der Waals surface area contributed by atoms with E-state index in [1.165, 1.54) is 42.5 Å². The first-order valence-electron chi connectivity index (χ1n) is 10.2. The Hall–Kier alpha value is -4.07. The van der Waals surface area contributed by atoms with Crippen molar-refractivity contribution in [2.24, 2.45) is 0 Å². The van der Waals surface area contributed by atoms with Crippen molar-refractivity contribution in [1.29, 1.82) is 0 Å². The van der Waals surface area contributed by atoms with Gasteiger partial charge in [-0.1, -0.05) is 36.4 Å². The normalized spacial score (nSPS) is 10.4. The Morgan fingerprint density at radius 1 is 0.879 bits per heavy atom. The Balaban J connectivity index is 1.66. The highest BCUT2D eigenvalue weighted by molar-refractivity contribution is 5.98. The zero-order valence-corrected chi connectivity index (χ0v) is 18.0. The maximum atomic E-state index is 14.2. The number of rotatable bonds is 8. The number of amides is 3. The molecule has 0 aliphatic heterocycles. The van der Waals surface area contributed by atoms with E-state index in [-0.39, 0.29) is 18.7 Å². The number of benzene rings is 3. The number of halogens is 2. The summed E-state index contributed by atoms with van der Waals surface area (Å²) in [4.78, 5) is 38.7. The van der Waals surface area contributed by atoms with Crippen molar-refractivity contribution in [3.8, 4) is 0 Å². The SMILES string of the molecule is Cc1cccc(NC(=O)CNC(=O)CN(Cc2ccc(F)cc2)C(=O)c2ccccc2F)c1. The number of aryl methyl sites for hydroxylation is 1. The quantitative estimate of drug-likeness (QED) is 0.549. The molecule has 33 heavy (non-hydrogen) atoms. The molecule has 6 nitrogen and oxygen atoms in total. The van der Waals surface area contributed by atoms with Gasteiger partial charge in [-0.05, 0) is 54.4 Å². The summed E-state index contributed by atoms with van der Waals surface area (Å²) >= 11 is 0. The van der Waals surface area contributed by atoms with Gasteiger partial charge in [0.05, 0.1) is 12.1 Å². The molecule has 0 bridgehead atoms. The molecule has 0 saturated heterocycles. The van der Waals surface area contributed by atoms with Crippen molar-refractivity contribution in [1.82, 2.24) is 10.2 Å². The van der Waals surface area contributed by atoms with Crippen LogP contribution in [-0.2, 0) is 16.1 Å². The van der Waals surface area contributed by atoms with Gasteiger partial charge in [0.15, 0.2) is 0 Å². The average molecular weight is 451 g/mol. The molecule has 0 aliphatic carbocycles. The molecule has 0 fully saturated rings. The molecule has 170 valence electrons. The molecule has 0 aromatic heterocycles. The molecule has 3 aromatic carbocycles. The summed E-state index contributed by atoms with van der Waals surface area (Å²) < 4.78 is 27.4. The maximum absolute atomic E-state index is 14.2. The van der Waals surface area contributed by atoms with Crippen LogP contribution in [0.3, 0.4) is 0 Å². The zero-order chi connectivity index (χ0) is 23.8. The molecule has 0 unspecified atom stereocenters. The summed E-state index contributed by atoms with van der Waals surface area (Å²) in [6.07, 6.45) is 0. The highest BCUT2D eigenvalue weighted by atomic mass is 19.1. The van der Waals surface area contributed by atoms with Crippen molar-refractivity contribution in [2.45, 2.75) is 13.5 Å². The molecule has 0 saturated carbocycles. The van der Waals surface area contributed by atoms with Crippen molar-refractivity contribution in [3.63, 3.8) is 0 Å². The van der Waals surface area contributed by atoms with Gasteiger partial charge in [0.2, 0.25) is 11.8 Å². The minimum atomic E-state index is -0.718. The van der Waals surface area contributed by atoms with E-state index >= 15 is 0 Å². The Morgan fingerprint density at radius 3 is 2.30 bits per heavy atom. The van der Waals surface area contributed by atoms with E-state index in [2.05, 4.69) is 10.6 Å². The number of carbonyl (C=O) groups is 3. The lowest BCUT2D eigenvalue weighted by Crippen LogP contribution is -2.42. The molecular formula is C25H23F2N3O3. The number of hydrogen-bond acceptors (Lipinski definition) is 3. The highest BCUT2D eigenvalue weighted by Gasteiger charge is 2.22. The Kier molecular flexibility index (Phi) is 7.86. The molecular weight excluding hydrogens is 428 g/mol. The lowest BCUT2D eigenvalue weighted by molar-refractivity contribution is -0.124. The fourth-order valence-electron chi connectivity index (χ4n) is 3.15. The number of nitrogens with one attached hydrogen (secondary N) is 2. The minimum absolute atomic E-state index is 0.0453. The molecule has 3 aromatic rings. The standard InChI is InChI=1S/C25H23F2N3O3/c1-17-5-4-6-20(13-17)29-23(31)14-28-24(32)16-30(15-18-9-11-19(26)12-10-18)25(33)21-7-2-3-8-22(21)27/h2-13H,14-16H2,1H3,(H,28,32)(H,29,31). The third-order valence-electron chi connectivity index (χ3n) is 4.76. The van der Waals surface area contributed by atoms with Gasteiger partial charge in [0, 0.05) is 12.2 Å². The number of anilines is 1. The van der Waals surface area contributed by atoms with E-state index in [0.29, 0.717) is 11.3 Å². The van der Waals surface area contributed by atoms with Gasteiger partial charge in [-0.25, -0.2) is 8.78 Å². The van der Waals surface area contributed by atoms with Gasteiger partial charge in [0.25, 0.3) is 5.91 Å². The van der Waals surface area contributed by atoms with Crippen molar-refractivity contribution >= 4 is 23.4 Å². The minimum Gasteiger partial charge on any atom is -0.345 e. The topological polar surface area (TPSA) is 78.5 Å². The van der Waals surface area contributed by atoms with Crippen LogP contribution >= 0.6 is 0 Å². The first-order chi connectivity index (χ1) is 15.8. The average Bonchev–Trinajstić information content (AvgIpc) is 2.78. The summed E-state index contributed by atoms with van der Waals surface area (Å²) in [6, 6.07) is 18.1. The van der Waals surface area contributed by atoms with Crippen LogP contribution in [0.1, 0.15) is 21.5 Å². The van der Waals surface area contributed by atoms with Crippen molar-refractivity contribution < 1.29 is 23.2 Å². The fourth-order valence-corrected chi connectivity index (χ4v) is 3.15. The monoisotopic (exact) mass is 451 g/mol. The molecule has 0 atom stereocenters. The highest BCUT2D eigenvalue weighted by Crippen LogP contribution is 2.14. The Morgan fingerprint density at radius 2 is 1.61 bits per heavy atom. The van der Waals surface area contributed by atoms with Gasteiger partial charge >= 0.3 is 0 Å². The van der Waals surface area contributed by atoms with E-state index in [0.717, 1.165) is 16.5 Å². The fraction of sp³-hybridized carbons (Fsp3) is 0.160. The summed E-state index contributed by atoms with van der Waals surface area (Å²) in [5, 5.41) is 5.14. The van der Waals surface area contributed by atoms with Gasteiger partial charge in [-0.3, -0.25) is 14.4 Å². The van der Waals surface area contributed by atoms with E-state index in [9.17, 15) is 23.2 Å². The third kappa shape index (κ3) is 6.96. The van der Waals surface area contributed by atoms with Gasteiger partial charge in [0.1, 0.15) is 18.2 Å². The summed E-state index contributed by atoms with van der Waals surface area (Å²) in [7, 11) is 0. The summed E-state index contributed by atoms with van der Waals surface area (Å²) in [5.74, 6) is -2.88. The number of carbonyl (C=O) groups excluding carboxylic acids is 3. The number of hydrogen-bond donors (Lipinski definition) is 2. The molecule has 0 spiro atoms. The van der Waals surface area contributed by atoms with Crippen LogP contribution in [0.2, 0.25) is 0 Å². The van der Waals surface area contributed by atoms with Crippen LogP contribution in [0.5, 0.6) is 0 Å². The van der Waals surface area contributed by atoms with Gasteiger partial charge in [-0.15, -0.1) is 0 Å². The largest absolute Gasteiger partial charge is 0.345 e. The van der Waals surface area contributed by atoms with E-state index < -0.39 is 35.9 Å². The Labute approximate surface area is 190 Å². The third-order valence-corrected chi connectivity index (χ3v) is 4.76. The zero-order valence-electron chi connectivity index (χ0n) is 18.0. The van der Waals surface area contributed by atoms with Crippen LogP contribution < -0.4 is 10.6 Å². The van der Waals surface area contributed by atoms with Crippen LogP contribution in [-0.4, -0.2) is 35.7 Å². The summed E-state index contributed by atoms with van der Waals surface area (Å²) in [6.45, 7) is 1.13.